The number of aromatic nitrogens is 2. The Morgan fingerprint density at radius 1 is 1.33 bits per heavy atom. The third-order valence-corrected chi connectivity index (χ3v) is 4.44. The molecule has 0 fully saturated rings. The summed E-state index contributed by atoms with van der Waals surface area (Å²) in [6, 6.07) is 9.90. The predicted molar refractivity (Wildman–Crippen MR) is 88.4 cm³/mol. The van der Waals surface area contributed by atoms with Crippen LogP contribution in [0.3, 0.4) is 0 Å². The molecule has 0 aliphatic carbocycles. The van der Waals surface area contributed by atoms with E-state index in [1.807, 2.05) is 41.9 Å². The summed E-state index contributed by atoms with van der Waals surface area (Å²) in [5.74, 6) is 0.405. The molecule has 0 spiro atoms. The molecule has 2 heterocycles. The number of anilines is 1. The first-order valence-corrected chi connectivity index (χ1v) is 7.86. The van der Waals surface area contributed by atoms with Gasteiger partial charge in [-0.3, -0.25) is 4.98 Å². The van der Waals surface area contributed by atoms with Crippen LogP contribution in [-0.2, 0) is 6.54 Å². The van der Waals surface area contributed by atoms with Crippen molar-refractivity contribution in [1.82, 2.24) is 15.3 Å². The highest BCUT2D eigenvalue weighted by Gasteiger charge is 2.08. The van der Waals surface area contributed by atoms with Gasteiger partial charge in [-0.2, -0.15) is 0 Å². The normalized spacial score (nSPS) is 12.6. The zero-order valence-corrected chi connectivity index (χ0v) is 12.7. The second-order valence-electron chi connectivity index (χ2n) is 5.12. The summed E-state index contributed by atoms with van der Waals surface area (Å²) in [7, 11) is 0. The van der Waals surface area contributed by atoms with E-state index in [9.17, 15) is 0 Å². The van der Waals surface area contributed by atoms with E-state index in [1.165, 1.54) is 0 Å². The molecule has 3 aromatic rings. The minimum absolute atomic E-state index is 0.405. The maximum absolute atomic E-state index is 6.09. The summed E-state index contributed by atoms with van der Waals surface area (Å²) in [6.45, 7) is 3.76. The molecule has 3 N–H and O–H groups in total. The molecule has 4 nitrogen and oxygen atoms in total. The Morgan fingerprint density at radius 3 is 3.00 bits per heavy atom. The molecule has 0 bridgehead atoms. The van der Waals surface area contributed by atoms with E-state index in [4.69, 9.17) is 5.73 Å². The summed E-state index contributed by atoms with van der Waals surface area (Å²) >= 11 is 1.69. The van der Waals surface area contributed by atoms with Gasteiger partial charge in [0.25, 0.3) is 0 Å². The summed E-state index contributed by atoms with van der Waals surface area (Å²) < 4.78 is 0. The van der Waals surface area contributed by atoms with Crippen LogP contribution in [0.25, 0.3) is 10.9 Å². The Labute approximate surface area is 128 Å². The second kappa shape index (κ2) is 6.20. The van der Waals surface area contributed by atoms with Crippen LogP contribution >= 0.6 is 11.3 Å². The Bertz CT molecular complexity index is 724. The van der Waals surface area contributed by atoms with E-state index < -0.39 is 0 Å². The number of benzene rings is 1. The van der Waals surface area contributed by atoms with Crippen LogP contribution in [0.15, 0.2) is 41.9 Å². The van der Waals surface area contributed by atoms with Crippen LogP contribution in [0, 0.1) is 0 Å². The van der Waals surface area contributed by atoms with E-state index in [-0.39, 0.29) is 0 Å². The zero-order valence-electron chi connectivity index (χ0n) is 11.9. The Balaban J connectivity index is 1.65. The lowest BCUT2D eigenvalue weighted by atomic mass is 10.1. The fourth-order valence-corrected chi connectivity index (χ4v) is 3.03. The number of hydrogen-bond donors (Lipinski definition) is 2. The number of thiazole rings is 1. The molecule has 3 rings (SSSR count). The molecular weight excluding hydrogens is 280 g/mol. The lowest BCUT2D eigenvalue weighted by molar-refractivity contribution is 0.607. The number of fused-ring (bicyclic) bond motifs is 1. The van der Waals surface area contributed by atoms with Crippen molar-refractivity contribution in [2.45, 2.75) is 19.4 Å². The van der Waals surface area contributed by atoms with E-state index >= 15 is 0 Å². The summed E-state index contributed by atoms with van der Waals surface area (Å²) in [5, 5.41) is 7.61. The third kappa shape index (κ3) is 3.20. The van der Waals surface area contributed by atoms with Crippen molar-refractivity contribution in [3.63, 3.8) is 0 Å². The zero-order chi connectivity index (χ0) is 14.7. The maximum Gasteiger partial charge on any atom is 0.0965 e. The first-order chi connectivity index (χ1) is 10.2. The lowest BCUT2D eigenvalue weighted by Crippen LogP contribution is -2.20. The highest BCUT2D eigenvalue weighted by molar-refractivity contribution is 7.09. The number of pyridine rings is 1. The number of nitrogens with one attached hydrogen (secondary N) is 1. The van der Waals surface area contributed by atoms with Crippen molar-refractivity contribution in [3.8, 4) is 0 Å². The van der Waals surface area contributed by atoms with Gasteiger partial charge in [0.15, 0.2) is 0 Å². The molecular formula is C16H18N4S. The number of nitrogens with zero attached hydrogens (tertiary/aromatic N) is 2. The molecule has 5 heteroatoms. The van der Waals surface area contributed by atoms with Crippen molar-refractivity contribution in [2.24, 2.45) is 0 Å². The Morgan fingerprint density at radius 2 is 2.19 bits per heavy atom. The van der Waals surface area contributed by atoms with Crippen molar-refractivity contribution >= 4 is 27.9 Å². The molecule has 0 amide bonds. The summed E-state index contributed by atoms with van der Waals surface area (Å²) in [4.78, 5) is 8.98. The largest absolute Gasteiger partial charge is 0.398 e. The first-order valence-electron chi connectivity index (χ1n) is 6.98. The van der Waals surface area contributed by atoms with Gasteiger partial charge in [-0.05, 0) is 12.1 Å². The van der Waals surface area contributed by atoms with Gasteiger partial charge in [0, 0.05) is 41.7 Å². The molecule has 2 aromatic heterocycles. The number of nitrogen functional groups attached to an aromatic ring is 1. The highest BCUT2D eigenvalue weighted by atomic mass is 32.1. The van der Waals surface area contributed by atoms with Gasteiger partial charge in [0.05, 0.1) is 16.2 Å². The van der Waals surface area contributed by atoms with E-state index in [1.54, 1.807) is 11.3 Å². The molecule has 0 saturated carbocycles. The van der Waals surface area contributed by atoms with Gasteiger partial charge < -0.3 is 11.1 Å². The maximum atomic E-state index is 6.09. The average molecular weight is 298 g/mol. The van der Waals surface area contributed by atoms with Gasteiger partial charge in [-0.25, -0.2) is 4.98 Å². The summed E-state index contributed by atoms with van der Waals surface area (Å²) in [5.41, 5.74) is 8.79. The number of hydrogen-bond acceptors (Lipinski definition) is 5. The van der Waals surface area contributed by atoms with Gasteiger partial charge in [-0.15, -0.1) is 11.3 Å². The highest BCUT2D eigenvalue weighted by Crippen LogP contribution is 2.20. The molecule has 0 radical (unpaired) electrons. The molecule has 1 atom stereocenters. The molecule has 0 aliphatic rings. The molecule has 1 unspecified atom stereocenters. The average Bonchev–Trinajstić information content (AvgIpc) is 3.01. The standard InChI is InChI=1S/C16H18N4S/c1-11(16-19-6-7-21-16)9-18-10-12-8-14(17)13-4-2-3-5-15(13)20-12/h2-8,11,18H,9-10H2,1H3,(H2,17,20). The molecule has 0 aliphatic heterocycles. The summed E-state index contributed by atoms with van der Waals surface area (Å²) in [6.07, 6.45) is 1.85. The number of rotatable bonds is 5. The van der Waals surface area contributed by atoms with E-state index in [0.29, 0.717) is 12.5 Å². The minimum atomic E-state index is 0.405. The Hall–Kier alpha value is -1.98. The lowest BCUT2D eigenvalue weighted by Gasteiger charge is -2.11. The Kier molecular flexibility index (Phi) is 4.13. The van der Waals surface area contributed by atoms with Crippen molar-refractivity contribution in [1.29, 1.82) is 0 Å². The fraction of sp³-hybridized carbons (Fsp3) is 0.250. The quantitative estimate of drug-likeness (QED) is 0.759. The number of para-hydroxylation sites is 1. The van der Waals surface area contributed by atoms with Crippen LogP contribution < -0.4 is 11.1 Å². The van der Waals surface area contributed by atoms with Gasteiger partial charge in [0.2, 0.25) is 0 Å². The van der Waals surface area contributed by atoms with Gasteiger partial charge in [-0.1, -0.05) is 25.1 Å². The van der Waals surface area contributed by atoms with Crippen molar-refractivity contribution in [2.75, 3.05) is 12.3 Å². The minimum Gasteiger partial charge on any atom is -0.398 e. The second-order valence-corrected chi connectivity index (χ2v) is 6.05. The van der Waals surface area contributed by atoms with Crippen molar-refractivity contribution < 1.29 is 0 Å². The molecule has 108 valence electrons. The smallest absolute Gasteiger partial charge is 0.0965 e. The number of nitrogens with two attached hydrogens (primary N) is 1. The van der Waals surface area contributed by atoms with Crippen LogP contribution in [-0.4, -0.2) is 16.5 Å². The van der Waals surface area contributed by atoms with Crippen LogP contribution in [0.1, 0.15) is 23.5 Å². The SMILES string of the molecule is CC(CNCc1cc(N)c2ccccc2n1)c1nccs1. The van der Waals surface area contributed by atoms with Crippen LogP contribution in [0.4, 0.5) is 5.69 Å². The van der Waals surface area contributed by atoms with Crippen LogP contribution in [0.2, 0.25) is 0 Å². The van der Waals surface area contributed by atoms with Crippen LogP contribution in [0.5, 0.6) is 0 Å². The topological polar surface area (TPSA) is 63.8 Å². The van der Waals surface area contributed by atoms with Gasteiger partial charge in [0.1, 0.15) is 0 Å². The monoisotopic (exact) mass is 298 g/mol. The van der Waals surface area contributed by atoms with E-state index in [2.05, 4.69) is 22.2 Å². The third-order valence-electron chi connectivity index (χ3n) is 3.43. The molecule has 1 aromatic carbocycles. The first kappa shape index (κ1) is 14.0. The predicted octanol–water partition coefficient (Wildman–Crippen LogP) is 3.17. The van der Waals surface area contributed by atoms with Crippen molar-refractivity contribution in [3.05, 3.63) is 52.6 Å². The van der Waals surface area contributed by atoms with E-state index in [0.717, 1.165) is 33.8 Å². The molecule has 21 heavy (non-hydrogen) atoms. The van der Waals surface area contributed by atoms with Gasteiger partial charge >= 0.3 is 0 Å². The fourth-order valence-electron chi connectivity index (χ4n) is 2.33. The molecule has 0 saturated heterocycles.